The topological polar surface area (TPSA) is 90.6 Å². The number of nitrogens with zero attached hydrogens (tertiary/aromatic N) is 1. The van der Waals surface area contributed by atoms with Gasteiger partial charge in [0, 0.05) is 18.8 Å². The number of ether oxygens (including phenoxy) is 1. The maximum Gasteiger partial charge on any atom is 0.302 e. The Balaban J connectivity index is 1.63. The van der Waals surface area contributed by atoms with E-state index in [1.165, 1.54) is 12.5 Å². The van der Waals surface area contributed by atoms with Gasteiger partial charge >= 0.3 is 5.97 Å². The van der Waals surface area contributed by atoms with Gasteiger partial charge in [-0.05, 0) is 61.7 Å². The van der Waals surface area contributed by atoms with Crippen molar-refractivity contribution in [2.75, 3.05) is 0 Å². The molecule has 8 atom stereocenters. The Morgan fingerprint density at radius 1 is 1.30 bits per heavy atom. The number of carbonyl (C=O) groups is 1. The van der Waals surface area contributed by atoms with Crippen molar-refractivity contribution in [1.29, 1.82) is 5.26 Å². The molecule has 27 heavy (non-hydrogen) atoms. The summed E-state index contributed by atoms with van der Waals surface area (Å²) in [6.45, 7) is 5.83. The molecule has 0 saturated heterocycles. The van der Waals surface area contributed by atoms with Gasteiger partial charge in [0.05, 0.1) is 6.10 Å². The predicted molar refractivity (Wildman–Crippen MR) is 99.2 cm³/mol. The van der Waals surface area contributed by atoms with E-state index in [0.717, 1.165) is 38.5 Å². The molecule has 3 saturated carbocycles. The quantitative estimate of drug-likeness (QED) is 0.419. The minimum Gasteiger partial charge on any atom is -0.462 e. The van der Waals surface area contributed by atoms with Crippen LogP contribution in [0.3, 0.4) is 0 Å². The Morgan fingerprint density at radius 2 is 2.04 bits per heavy atom. The lowest BCUT2D eigenvalue weighted by molar-refractivity contribution is -0.149. The van der Waals surface area contributed by atoms with Gasteiger partial charge < -0.3 is 14.9 Å². The average Bonchev–Trinajstić information content (AvgIpc) is 2.82. The molecule has 148 valence electrons. The lowest BCUT2D eigenvalue weighted by Gasteiger charge is -2.58. The zero-order valence-electron chi connectivity index (χ0n) is 16.6. The summed E-state index contributed by atoms with van der Waals surface area (Å²) in [5.41, 5.74) is -0.669. The van der Waals surface area contributed by atoms with E-state index < -0.39 is 17.1 Å². The molecule has 0 spiro atoms. The van der Waals surface area contributed by atoms with Gasteiger partial charge in [-0.1, -0.05) is 25.5 Å². The Labute approximate surface area is 161 Å². The molecule has 0 amide bonds. The third-order valence-electron chi connectivity index (χ3n) is 8.78. The monoisotopic (exact) mass is 373 g/mol. The number of hydrogen-bond acceptors (Lipinski definition) is 5. The minimum absolute atomic E-state index is 0.00999. The smallest absolute Gasteiger partial charge is 0.302 e. The SMILES string of the molecule is CC(=O)O[C@@H]1CC[C@@]2(C)C(=CC[C@H]3[C@H]2CC[C@@]2(C)[C@H]3C[C@@H](O)[C@]2(O)C#N)C1. The molecule has 5 nitrogen and oxygen atoms in total. The highest BCUT2D eigenvalue weighted by Gasteiger charge is 2.67. The molecule has 0 unspecified atom stereocenters. The standard InChI is InChI=1S/C22H31NO4/c1-13(24)27-15-6-8-20(2)14(10-15)4-5-16-17(20)7-9-21(3)18(16)11-19(25)22(21,26)12-23/h4,15-19,25-26H,5-11H2,1-3H3/t15-,16+,17-,18+,19-,20+,21+,22-/m1/s1. The molecule has 3 fully saturated rings. The second-order valence-electron chi connectivity index (χ2n) is 9.82. The van der Waals surface area contributed by atoms with Crippen molar-refractivity contribution in [2.45, 2.75) is 83.5 Å². The number of aliphatic hydroxyl groups excluding tert-OH is 1. The van der Waals surface area contributed by atoms with Crippen molar-refractivity contribution in [3.63, 3.8) is 0 Å². The second-order valence-corrected chi connectivity index (χ2v) is 9.82. The number of carbonyl (C=O) groups excluding carboxylic acids is 1. The molecule has 0 aromatic rings. The summed E-state index contributed by atoms with van der Waals surface area (Å²) in [5, 5.41) is 31.1. The van der Waals surface area contributed by atoms with Crippen LogP contribution in [0.2, 0.25) is 0 Å². The highest BCUT2D eigenvalue weighted by molar-refractivity contribution is 5.66. The third-order valence-corrected chi connectivity index (χ3v) is 8.78. The molecule has 0 heterocycles. The number of hydrogen-bond donors (Lipinski definition) is 2. The molecule has 5 heteroatoms. The van der Waals surface area contributed by atoms with Crippen molar-refractivity contribution in [2.24, 2.45) is 28.6 Å². The van der Waals surface area contributed by atoms with E-state index in [0.29, 0.717) is 18.3 Å². The van der Waals surface area contributed by atoms with Crippen molar-refractivity contribution >= 4 is 5.97 Å². The van der Waals surface area contributed by atoms with Crippen LogP contribution in [0.5, 0.6) is 0 Å². The van der Waals surface area contributed by atoms with Crippen molar-refractivity contribution < 1.29 is 19.7 Å². The Kier molecular flexibility index (Phi) is 4.25. The molecule has 4 aliphatic rings. The zero-order valence-corrected chi connectivity index (χ0v) is 16.6. The van der Waals surface area contributed by atoms with Crippen LogP contribution >= 0.6 is 0 Å². The Bertz CT molecular complexity index is 726. The van der Waals surface area contributed by atoms with Crippen molar-refractivity contribution in [3.05, 3.63) is 11.6 Å². The van der Waals surface area contributed by atoms with Crippen LogP contribution in [0.25, 0.3) is 0 Å². The molecule has 0 aromatic heterocycles. The number of esters is 1. The van der Waals surface area contributed by atoms with Crippen molar-refractivity contribution in [3.8, 4) is 6.07 Å². The summed E-state index contributed by atoms with van der Waals surface area (Å²) in [6.07, 6.45) is 7.27. The summed E-state index contributed by atoms with van der Waals surface area (Å²) >= 11 is 0. The second kappa shape index (κ2) is 6.06. The molecule has 0 aromatic carbocycles. The van der Waals surface area contributed by atoms with Crippen LogP contribution in [0.4, 0.5) is 0 Å². The summed E-state index contributed by atoms with van der Waals surface area (Å²) in [4.78, 5) is 11.3. The largest absolute Gasteiger partial charge is 0.462 e. The van der Waals surface area contributed by atoms with Gasteiger partial charge in [-0.15, -0.1) is 0 Å². The number of nitriles is 1. The van der Waals surface area contributed by atoms with Crippen LogP contribution in [0.1, 0.15) is 65.7 Å². The van der Waals surface area contributed by atoms with E-state index in [-0.39, 0.29) is 23.4 Å². The third kappa shape index (κ3) is 2.46. The first-order valence-corrected chi connectivity index (χ1v) is 10.3. The van der Waals surface area contributed by atoms with Gasteiger partial charge in [-0.3, -0.25) is 4.79 Å². The first-order valence-electron chi connectivity index (χ1n) is 10.3. The Morgan fingerprint density at radius 3 is 2.70 bits per heavy atom. The number of allylic oxidation sites excluding steroid dienone is 1. The minimum atomic E-state index is -1.64. The zero-order chi connectivity index (χ0) is 19.6. The van der Waals surface area contributed by atoms with Gasteiger partial charge in [-0.2, -0.15) is 5.26 Å². The molecule has 4 aliphatic carbocycles. The molecule has 4 rings (SSSR count). The molecule has 0 aliphatic heterocycles. The molecule has 0 radical (unpaired) electrons. The fourth-order valence-corrected chi connectivity index (χ4v) is 7.18. The summed E-state index contributed by atoms with van der Waals surface area (Å²) in [7, 11) is 0. The molecular weight excluding hydrogens is 342 g/mol. The average molecular weight is 373 g/mol. The van der Waals surface area contributed by atoms with Crippen LogP contribution in [0.15, 0.2) is 11.6 Å². The maximum absolute atomic E-state index is 11.3. The fourth-order valence-electron chi connectivity index (χ4n) is 7.18. The van der Waals surface area contributed by atoms with E-state index in [2.05, 4.69) is 19.1 Å². The summed E-state index contributed by atoms with van der Waals surface area (Å²) < 4.78 is 5.48. The van der Waals surface area contributed by atoms with Gasteiger partial charge in [-0.25, -0.2) is 0 Å². The van der Waals surface area contributed by atoms with E-state index in [1.807, 2.05) is 6.92 Å². The summed E-state index contributed by atoms with van der Waals surface area (Å²) in [6, 6.07) is 2.06. The van der Waals surface area contributed by atoms with Crippen LogP contribution in [-0.4, -0.2) is 34.0 Å². The van der Waals surface area contributed by atoms with Crippen molar-refractivity contribution in [1.82, 2.24) is 0 Å². The lowest BCUT2D eigenvalue weighted by atomic mass is 9.47. The van der Waals surface area contributed by atoms with Gasteiger partial charge in [0.15, 0.2) is 5.60 Å². The lowest BCUT2D eigenvalue weighted by Crippen LogP contribution is -2.56. The predicted octanol–water partition coefficient (Wildman–Crippen LogP) is 3.11. The van der Waals surface area contributed by atoms with Crippen LogP contribution in [0, 0.1) is 39.9 Å². The molecule has 0 bridgehead atoms. The number of aliphatic hydroxyl groups is 2. The van der Waals surface area contributed by atoms with E-state index in [1.54, 1.807) is 0 Å². The van der Waals surface area contributed by atoms with Crippen LogP contribution in [-0.2, 0) is 9.53 Å². The van der Waals surface area contributed by atoms with Gasteiger partial charge in [0.2, 0.25) is 0 Å². The fraction of sp³-hybridized carbons (Fsp3) is 0.818. The highest BCUT2D eigenvalue weighted by atomic mass is 16.5. The first kappa shape index (κ1) is 19.0. The summed E-state index contributed by atoms with van der Waals surface area (Å²) in [5.74, 6) is 0.848. The first-order chi connectivity index (χ1) is 12.7. The Hall–Kier alpha value is -1.38. The maximum atomic E-state index is 11.3. The van der Waals surface area contributed by atoms with E-state index in [9.17, 15) is 20.3 Å². The van der Waals surface area contributed by atoms with Crippen LogP contribution < -0.4 is 0 Å². The van der Waals surface area contributed by atoms with Gasteiger partial charge in [0.1, 0.15) is 12.2 Å². The van der Waals surface area contributed by atoms with E-state index >= 15 is 0 Å². The number of fused-ring (bicyclic) bond motifs is 5. The highest BCUT2D eigenvalue weighted by Crippen LogP contribution is 2.67. The van der Waals surface area contributed by atoms with E-state index in [4.69, 9.17) is 4.74 Å². The normalized spacial score (nSPS) is 51.3. The van der Waals surface area contributed by atoms with Gasteiger partial charge in [0.25, 0.3) is 0 Å². The molecular formula is C22H31NO4. The molecule has 2 N–H and O–H groups in total. The number of rotatable bonds is 1.